The van der Waals surface area contributed by atoms with Crippen molar-refractivity contribution >= 4 is 28.9 Å². The largest absolute Gasteiger partial charge is 0.377 e. The molecule has 0 saturated carbocycles. The van der Waals surface area contributed by atoms with Gasteiger partial charge in [0.25, 0.3) is 0 Å². The number of aryl methyl sites for hydroxylation is 1. The van der Waals surface area contributed by atoms with Crippen molar-refractivity contribution in [3.8, 4) is 0 Å². The Kier molecular flexibility index (Phi) is 7.48. The lowest BCUT2D eigenvalue weighted by Crippen LogP contribution is -2.49. The van der Waals surface area contributed by atoms with Gasteiger partial charge in [-0.15, -0.1) is 0 Å². The average molecular weight is 460 g/mol. The van der Waals surface area contributed by atoms with Crippen LogP contribution in [0.15, 0.2) is 36.4 Å². The second kappa shape index (κ2) is 10.1. The van der Waals surface area contributed by atoms with Gasteiger partial charge in [0.05, 0.1) is 16.8 Å². The van der Waals surface area contributed by atoms with Crippen molar-refractivity contribution in [1.82, 2.24) is 9.80 Å². The van der Waals surface area contributed by atoms with Crippen LogP contribution in [0.3, 0.4) is 0 Å². The number of halogens is 2. The summed E-state index contributed by atoms with van der Waals surface area (Å²) in [4.78, 5) is 5.21. The van der Waals surface area contributed by atoms with Gasteiger partial charge in [-0.25, -0.2) is 0 Å². The quantitative estimate of drug-likeness (QED) is 0.533. The van der Waals surface area contributed by atoms with Crippen LogP contribution in [0.5, 0.6) is 0 Å². The van der Waals surface area contributed by atoms with E-state index in [1.165, 1.54) is 63.0 Å². The van der Waals surface area contributed by atoms with E-state index < -0.39 is 0 Å². The molecule has 168 valence electrons. The van der Waals surface area contributed by atoms with E-state index in [-0.39, 0.29) is 6.04 Å². The summed E-state index contributed by atoms with van der Waals surface area (Å²) >= 11 is 13.1. The van der Waals surface area contributed by atoms with Crippen LogP contribution < -0.4 is 5.32 Å². The summed E-state index contributed by atoms with van der Waals surface area (Å²) in [6.45, 7) is 9.07. The molecule has 0 radical (unpaired) electrons. The molecule has 0 aliphatic carbocycles. The maximum absolute atomic E-state index is 6.56. The summed E-state index contributed by atoms with van der Waals surface area (Å²) in [6, 6.07) is 13.6. The molecule has 2 heterocycles. The first-order chi connectivity index (χ1) is 14.9. The Morgan fingerprint density at radius 1 is 0.968 bits per heavy atom. The molecule has 2 unspecified atom stereocenters. The Bertz CT molecular complexity index is 892. The second-order valence-corrected chi connectivity index (χ2v) is 10.3. The van der Waals surface area contributed by atoms with E-state index in [1.54, 1.807) is 0 Å². The molecule has 1 N–H and O–H groups in total. The van der Waals surface area contributed by atoms with Crippen LogP contribution in [0, 0.1) is 6.92 Å². The molecule has 0 spiro atoms. The molecular formula is C26H35Cl2N3. The van der Waals surface area contributed by atoms with Crippen molar-refractivity contribution in [2.45, 2.75) is 57.5 Å². The van der Waals surface area contributed by atoms with Gasteiger partial charge in [0, 0.05) is 17.6 Å². The standard InChI is InChI=1S/C26H35Cl2N3/c1-18-6-8-23(25(28)15-18)19(2)29-26-16-21(7-9-24(26)27)20-10-13-31(14-11-20)22-5-4-12-30(3)17-22/h6-9,15-16,19-20,22,29H,4-5,10-14,17H2,1-3H3. The molecule has 2 aliphatic heterocycles. The molecule has 2 aromatic rings. The molecule has 31 heavy (non-hydrogen) atoms. The first kappa shape index (κ1) is 22.9. The zero-order chi connectivity index (χ0) is 22.0. The number of hydrogen-bond donors (Lipinski definition) is 1. The number of hydrogen-bond acceptors (Lipinski definition) is 3. The van der Waals surface area contributed by atoms with Gasteiger partial charge in [-0.05, 0) is 107 Å². The molecule has 5 heteroatoms. The van der Waals surface area contributed by atoms with Gasteiger partial charge in [0.15, 0.2) is 0 Å². The molecule has 2 aliphatic rings. The van der Waals surface area contributed by atoms with E-state index in [0.29, 0.717) is 5.92 Å². The van der Waals surface area contributed by atoms with Crippen LogP contribution in [0.4, 0.5) is 5.69 Å². The average Bonchev–Trinajstić information content (AvgIpc) is 2.75. The highest BCUT2D eigenvalue weighted by atomic mass is 35.5. The molecule has 2 atom stereocenters. The Labute approximate surface area is 197 Å². The minimum Gasteiger partial charge on any atom is -0.377 e. The number of likely N-dealkylation sites (tertiary alicyclic amines) is 2. The fraction of sp³-hybridized carbons (Fsp3) is 0.538. The smallest absolute Gasteiger partial charge is 0.0637 e. The van der Waals surface area contributed by atoms with Crippen molar-refractivity contribution in [3.63, 3.8) is 0 Å². The van der Waals surface area contributed by atoms with Gasteiger partial charge in [-0.2, -0.15) is 0 Å². The zero-order valence-electron chi connectivity index (χ0n) is 19.0. The lowest BCUT2D eigenvalue weighted by atomic mass is 9.88. The lowest BCUT2D eigenvalue weighted by molar-refractivity contribution is 0.0891. The predicted molar refractivity (Wildman–Crippen MR) is 134 cm³/mol. The summed E-state index contributed by atoms with van der Waals surface area (Å²) < 4.78 is 0. The number of nitrogens with one attached hydrogen (secondary N) is 1. The summed E-state index contributed by atoms with van der Waals surface area (Å²) in [5.41, 5.74) is 4.67. The number of nitrogens with zero attached hydrogens (tertiary/aromatic N) is 2. The number of piperidine rings is 2. The van der Waals surface area contributed by atoms with Crippen molar-refractivity contribution in [2.24, 2.45) is 0 Å². The topological polar surface area (TPSA) is 18.5 Å². The normalized spacial score (nSPS) is 22.4. The van der Waals surface area contributed by atoms with Crippen LogP contribution in [0.1, 0.15) is 61.3 Å². The Hall–Kier alpha value is -1.26. The first-order valence-electron chi connectivity index (χ1n) is 11.7. The van der Waals surface area contributed by atoms with Gasteiger partial charge < -0.3 is 10.2 Å². The molecule has 4 rings (SSSR count). The molecule has 0 aromatic heterocycles. The van der Waals surface area contributed by atoms with Crippen LogP contribution in [0.25, 0.3) is 0 Å². The summed E-state index contributed by atoms with van der Waals surface area (Å²) in [6.07, 6.45) is 5.13. The maximum atomic E-state index is 6.56. The van der Waals surface area contributed by atoms with Crippen molar-refractivity contribution < 1.29 is 0 Å². The van der Waals surface area contributed by atoms with E-state index in [2.05, 4.69) is 60.3 Å². The summed E-state index contributed by atoms with van der Waals surface area (Å²) in [7, 11) is 2.26. The van der Waals surface area contributed by atoms with Gasteiger partial charge in [-0.1, -0.05) is 41.4 Å². The highest BCUT2D eigenvalue weighted by Gasteiger charge is 2.28. The third-order valence-corrected chi connectivity index (χ3v) is 7.76. The predicted octanol–water partition coefficient (Wildman–Crippen LogP) is 6.75. The highest BCUT2D eigenvalue weighted by molar-refractivity contribution is 6.33. The number of likely N-dealkylation sites (N-methyl/N-ethyl adjacent to an activating group) is 1. The fourth-order valence-electron chi connectivity index (χ4n) is 5.24. The van der Waals surface area contributed by atoms with Crippen LogP contribution >= 0.6 is 23.2 Å². The molecule has 2 aromatic carbocycles. The number of anilines is 1. The number of rotatable bonds is 5. The second-order valence-electron chi connectivity index (χ2n) is 9.50. The lowest BCUT2D eigenvalue weighted by Gasteiger charge is -2.41. The van der Waals surface area contributed by atoms with Gasteiger partial charge in [0.1, 0.15) is 0 Å². The maximum Gasteiger partial charge on any atom is 0.0637 e. The third kappa shape index (κ3) is 5.57. The Morgan fingerprint density at radius 2 is 1.74 bits per heavy atom. The minimum absolute atomic E-state index is 0.0889. The van der Waals surface area contributed by atoms with Gasteiger partial charge in [0.2, 0.25) is 0 Å². The van der Waals surface area contributed by atoms with Crippen molar-refractivity contribution in [2.75, 3.05) is 38.5 Å². The Morgan fingerprint density at radius 3 is 2.45 bits per heavy atom. The molecule has 0 amide bonds. The minimum atomic E-state index is 0.0889. The van der Waals surface area contributed by atoms with Gasteiger partial charge in [-0.3, -0.25) is 4.90 Å². The van der Waals surface area contributed by atoms with Crippen LogP contribution in [-0.2, 0) is 0 Å². The molecule has 3 nitrogen and oxygen atoms in total. The molecule has 0 bridgehead atoms. The van der Waals surface area contributed by atoms with Crippen molar-refractivity contribution in [3.05, 3.63) is 63.1 Å². The molecule has 2 saturated heterocycles. The highest BCUT2D eigenvalue weighted by Crippen LogP contribution is 2.35. The van der Waals surface area contributed by atoms with E-state index >= 15 is 0 Å². The van der Waals surface area contributed by atoms with Gasteiger partial charge >= 0.3 is 0 Å². The van der Waals surface area contributed by atoms with E-state index in [9.17, 15) is 0 Å². The monoisotopic (exact) mass is 459 g/mol. The zero-order valence-corrected chi connectivity index (χ0v) is 20.5. The van der Waals surface area contributed by atoms with Crippen LogP contribution in [0.2, 0.25) is 10.0 Å². The van der Waals surface area contributed by atoms with Crippen LogP contribution in [-0.4, -0.2) is 49.1 Å². The SMILES string of the molecule is Cc1ccc(C(C)Nc2cc(C3CCN(C4CCCN(C)C4)CC3)ccc2Cl)c(Cl)c1. The van der Waals surface area contributed by atoms with Crippen molar-refractivity contribution in [1.29, 1.82) is 0 Å². The van der Waals surface area contributed by atoms with E-state index in [4.69, 9.17) is 23.2 Å². The van der Waals surface area contributed by atoms with E-state index in [0.717, 1.165) is 27.3 Å². The molecular weight excluding hydrogens is 425 g/mol. The first-order valence-corrected chi connectivity index (χ1v) is 12.4. The van der Waals surface area contributed by atoms with E-state index in [1.807, 2.05) is 12.1 Å². The third-order valence-electron chi connectivity index (χ3n) is 7.10. The molecule has 2 fully saturated rings. The summed E-state index contributed by atoms with van der Waals surface area (Å²) in [5, 5.41) is 5.16. The fourth-order valence-corrected chi connectivity index (χ4v) is 5.81. The Balaban J connectivity index is 1.41. The summed E-state index contributed by atoms with van der Waals surface area (Å²) in [5.74, 6) is 0.605. The number of benzene rings is 2.